The van der Waals surface area contributed by atoms with E-state index in [1.165, 1.54) is 7.05 Å². The Morgan fingerprint density at radius 2 is 2.18 bits per heavy atom. The molecule has 2 N–H and O–H groups in total. The number of rotatable bonds is 0. The zero-order chi connectivity index (χ0) is 8.59. The van der Waals surface area contributed by atoms with Crippen LogP contribution in [0.25, 0.3) is 0 Å². The van der Waals surface area contributed by atoms with Crippen LogP contribution in [0.2, 0.25) is 0 Å². The van der Waals surface area contributed by atoms with Gasteiger partial charge in [0.1, 0.15) is 5.03 Å². The zero-order valence-corrected chi connectivity index (χ0v) is 7.15. The number of halogens is 2. The van der Waals surface area contributed by atoms with Crippen molar-refractivity contribution in [1.29, 1.82) is 0 Å². The number of carbonyl (C=O) groups excluding carboxylic acids is 1. The molecule has 62 valence electrons. The predicted molar refractivity (Wildman–Crippen MR) is 40.6 cm³/mol. The lowest BCUT2D eigenvalue weighted by atomic mass is 10.4. The summed E-state index contributed by atoms with van der Waals surface area (Å²) in [6.45, 7) is 0. The SMILES string of the molecule is CN1NC(O)C(Cl)=C(Cl)C1=O. The minimum atomic E-state index is -1.09. The quantitative estimate of drug-likeness (QED) is 0.573. The van der Waals surface area contributed by atoms with Gasteiger partial charge >= 0.3 is 0 Å². The van der Waals surface area contributed by atoms with E-state index in [4.69, 9.17) is 28.3 Å². The Morgan fingerprint density at radius 3 is 2.73 bits per heavy atom. The van der Waals surface area contributed by atoms with Crippen LogP contribution >= 0.6 is 23.2 Å². The molecule has 1 heterocycles. The lowest BCUT2D eigenvalue weighted by molar-refractivity contribution is -0.131. The lowest BCUT2D eigenvalue weighted by Crippen LogP contribution is -2.50. The summed E-state index contributed by atoms with van der Waals surface area (Å²) in [6.07, 6.45) is -1.09. The van der Waals surface area contributed by atoms with E-state index in [1.807, 2.05) is 0 Å². The van der Waals surface area contributed by atoms with Crippen LogP contribution in [0.4, 0.5) is 0 Å². The number of hydrogen-bond acceptors (Lipinski definition) is 3. The Hall–Kier alpha value is -0.290. The van der Waals surface area contributed by atoms with Crippen LogP contribution in [0.15, 0.2) is 10.1 Å². The summed E-state index contributed by atoms with van der Waals surface area (Å²) >= 11 is 10.9. The van der Waals surface area contributed by atoms with Crippen molar-refractivity contribution in [1.82, 2.24) is 10.4 Å². The molecule has 0 aliphatic carbocycles. The molecule has 0 bridgehead atoms. The van der Waals surface area contributed by atoms with Crippen LogP contribution in [-0.4, -0.2) is 29.3 Å². The van der Waals surface area contributed by atoms with Crippen molar-refractivity contribution in [3.63, 3.8) is 0 Å². The average molecular weight is 197 g/mol. The van der Waals surface area contributed by atoms with Gasteiger partial charge < -0.3 is 5.11 Å². The van der Waals surface area contributed by atoms with Crippen molar-refractivity contribution < 1.29 is 9.90 Å². The highest BCUT2D eigenvalue weighted by Crippen LogP contribution is 2.21. The maximum atomic E-state index is 11.0. The predicted octanol–water partition coefficient (Wildman–Crippen LogP) is -0.0294. The first-order chi connectivity index (χ1) is 5.04. The third kappa shape index (κ3) is 1.49. The van der Waals surface area contributed by atoms with E-state index in [9.17, 15) is 4.79 Å². The number of amides is 1. The molecule has 0 aromatic heterocycles. The molecule has 6 heteroatoms. The monoisotopic (exact) mass is 196 g/mol. The van der Waals surface area contributed by atoms with Gasteiger partial charge in [0.2, 0.25) is 0 Å². The second kappa shape index (κ2) is 2.98. The molecule has 1 rings (SSSR count). The Morgan fingerprint density at radius 1 is 1.64 bits per heavy atom. The third-order valence-corrected chi connectivity index (χ3v) is 2.12. The molecule has 0 radical (unpaired) electrons. The fourth-order valence-electron chi connectivity index (χ4n) is 0.668. The molecule has 4 nitrogen and oxygen atoms in total. The minimum Gasteiger partial charge on any atom is -0.372 e. The van der Waals surface area contributed by atoms with Crippen molar-refractivity contribution in [3.8, 4) is 0 Å². The number of hydrogen-bond donors (Lipinski definition) is 2. The number of nitrogens with zero attached hydrogens (tertiary/aromatic N) is 1. The first-order valence-corrected chi connectivity index (χ1v) is 3.57. The molecule has 1 aliphatic heterocycles. The Balaban J connectivity index is 2.98. The number of carbonyl (C=O) groups is 1. The van der Waals surface area contributed by atoms with Crippen LogP contribution in [0, 0.1) is 0 Å². The van der Waals surface area contributed by atoms with E-state index in [1.54, 1.807) is 0 Å². The molecule has 0 fully saturated rings. The molecule has 1 aliphatic rings. The maximum absolute atomic E-state index is 11.0. The molecule has 0 saturated carbocycles. The molecule has 0 aromatic carbocycles. The van der Waals surface area contributed by atoms with Crippen molar-refractivity contribution in [2.24, 2.45) is 0 Å². The summed E-state index contributed by atoms with van der Waals surface area (Å²) in [5.74, 6) is -0.457. The van der Waals surface area contributed by atoms with Crippen LogP contribution in [-0.2, 0) is 4.79 Å². The van der Waals surface area contributed by atoms with Gasteiger partial charge in [-0.15, -0.1) is 0 Å². The molecule has 1 amide bonds. The summed E-state index contributed by atoms with van der Waals surface area (Å²) in [6, 6.07) is 0. The normalized spacial score (nSPS) is 26.4. The van der Waals surface area contributed by atoms with Gasteiger partial charge in [-0.2, -0.15) is 5.43 Å². The highest BCUT2D eigenvalue weighted by Gasteiger charge is 2.27. The zero-order valence-electron chi connectivity index (χ0n) is 5.64. The van der Waals surface area contributed by atoms with Gasteiger partial charge in [-0.1, -0.05) is 23.2 Å². The molecule has 11 heavy (non-hydrogen) atoms. The fourth-order valence-corrected chi connectivity index (χ4v) is 1.03. The lowest BCUT2D eigenvalue weighted by Gasteiger charge is -2.27. The fraction of sp³-hybridized carbons (Fsp3) is 0.400. The molecular formula is C5H6Cl2N2O2. The molecule has 0 spiro atoms. The molecule has 1 atom stereocenters. The van der Waals surface area contributed by atoms with E-state index < -0.39 is 12.1 Å². The Kier molecular flexibility index (Phi) is 2.39. The van der Waals surface area contributed by atoms with Crippen molar-refractivity contribution in [3.05, 3.63) is 10.1 Å². The number of aliphatic hydroxyl groups excluding tert-OH is 1. The maximum Gasteiger partial charge on any atom is 0.280 e. The van der Waals surface area contributed by atoms with Crippen LogP contribution in [0.1, 0.15) is 0 Å². The summed E-state index contributed by atoms with van der Waals surface area (Å²) in [7, 11) is 1.44. The third-order valence-electron chi connectivity index (χ3n) is 1.26. The number of nitrogens with one attached hydrogen (secondary N) is 1. The first kappa shape index (κ1) is 8.80. The van der Waals surface area contributed by atoms with E-state index in [0.29, 0.717) is 0 Å². The highest BCUT2D eigenvalue weighted by molar-refractivity contribution is 6.48. The van der Waals surface area contributed by atoms with Crippen LogP contribution < -0.4 is 5.43 Å². The van der Waals surface area contributed by atoms with E-state index in [2.05, 4.69) is 5.43 Å². The first-order valence-electron chi connectivity index (χ1n) is 2.81. The topological polar surface area (TPSA) is 52.6 Å². The average Bonchev–Trinajstić information content (AvgIpc) is 1.97. The van der Waals surface area contributed by atoms with Crippen LogP contribution in [0.3, 0.4) is 0 Å². The largest absolute Gasteiger partial charge is 0.372 e. The van der Waals surface area contributed by atoms with E-state index in [-0.39, 0.29) is 10.1 Å². The van der Waals surface area contributed by atoms with Crippen molar-refractivity contribution in [2.45, 2.75) is 6.23 Å². The summed E-state index contributed by atoms with van der Waals surface area (Å²) in [5.41, 5.74) is 2.37. The van der Waals surface area contributed by atoms with E-state index in [0.717, 1.165) is 5.01 Å². The highest BCUT2D eigenvalue weighted by atomic mass is 35.5. The molecule has 1 unspecified atom stereocenters. The number of aliphatic hydroxyl groups is 1. The summed E-state index contributed by atoms with van der Waals surface area (Å²) in [5, 5.41) is 9.90. The minimum absolute atomic E-state index is 0.0743. The number of likely N-dealkylation sites (N-methyl/N-ethyl adjacent to an activating group) is 1. The molecule has 0 saturated heterocycles. The van der Waals surface area contributed by atoms with Crippen LogP contribution in [0.5, 0.6) is 0 Å². The molecular weight excluding hydrogens is 191 g/mol. The second-order valence-corrected chi connectivity index (χ2v) is 2.84. The smallest absolute Gasteiger partial charge is 0.280 e. The van der Waals surface area contributed by atoms with Gasteiger partial charge in [0.25, 0.3) is 5.91 Å². The van der Waals surface area contributed by atoms with Gasteiger partial charge in [-0.3, -0.25) is 9.80 Å². The van der Waals surface area contributed by atoms with Gasteiger partial charge in [0, 0.05) is 7.05 Å². The van der Waals surface area contributed by atoms with Gasteiger partial charge in [0.15, 0.2) is 6.23 Å². The molecule has 0 aromatic rings. The number of hydrazine groups is 1. The van der Waals surface area contributed by atoms with Gasteiger partial charge in [-0.05, 0) is 0 Å². The second-order valence-electron chi connectivity index (χ2n) is 2.06. The van der Waals surface area contributed by atoms with Crippen molar-refractivity contribution >= 4 is 29.1 Å². The Bertz CT molecular complexity index is 229. The standard InChI is InChI=1S/C5H6Cl2N2O2/c1-9-5(11)3(7)2(6)4(10)8-9/h4,8,10H,1H3. The van der Waals surface area contributed by atoms with Gasteiger partial charge in [0.05, 0.1) is 5.03 Å². The van der Waals surface area contributed by atoms with Crippen molar-refractivity contribution in [2.75, 3.05) is 7.05 Å². The Labute approximate surface area is 73.3 Å². The van der Waals surface area contributed by atoms with E-state index >= 15 is 0 Å². The summed E-state index contributed by atoms with van der Waals surface area (Å²) in [4.78, 5) is 11.0. The van der Waals surface area contributed by atoms with Gasteiger partial charge in [-0.25, -0.2) is 0 Å². The summed E-state index contributed by atoms with van der Waals surface area (Å²) < 4.78 is 0.